The highest BCUT2D eigenvalue weighted by atomic mass is 35.5. The van der Waals surface area contributed by atoms with Crippen LogP contribution in [0.25, 0.3) is 5.69 Å². The first-order valence-electron chi connectivity index (χ1n) is 8.59. The fraction of sp³-hybridized carbons (Fsp3) is 0.200. The third kappa shape index (κ3) is 3.45. The number of aromatic nitrogens is 2. The van der Waals surface area contributed by atoms with Crippen LogP contribution in [0.2, 0.25) is 5.02 Å². The number of fused-ring (bicyclic) bond motifs is 1. The lowest BCUT2D eigenvalue weighted by Crippen LogP contribution is -2.30. The molecule has 0 amide bonds. The van der Waals surface area contributed by atoms with Crippen LogP contribution in [0.3, 0.4) is 0 Å². The van der Waals surface area contributed by atoms with Gasteiger partial charge in [-0.1, -0.05) is 35.9 Å². The van der Waals surface area contributed by atoms with Crippen LogP contribution in [0.15, 0.2) is 53.5 Å². The topological polar surface area (TPSA) is 46.9 Å². The minimum atomic E-state index is -0.884. The van der Waals surface area contributed by atoms with E-state index >= 15 is 0 Å². The van der Waals surface area contributed by atoms with Gasteiger partial charge in [-0.05, 0) is 42.5 Å². The normalized spacial score (nSPS) is 16.0. The number of nitrogens with zero attached hydrogens (tertiary/aromatic N) is 2. The summed E-state index contributed by atoms with van der Waals surface area (Å²) in [6.07, 6.45) is 4.06. The second-order valence-corrected chi connectivity index (χ2v) is 6.92. The lowest BCUT2D eigenvalue weighted by Gasteiger charge is -2.26. The van der Waals surface area contributed by atoms with E-state index in [0.29, 0.717) is 11.8 Å². The molecule has 1 heterocycles. The van der Waals surface area contributed by atoms with Crippen molar-refractivity contribution in [2.24, 2.45) is 0 Å². The van der Waals surface area contributed by atoms with Crippen LogP contribution in [0.1, 0.15) is 17.5 Å². The molecule has 0 saturated heterocycles. The molecule has 0 unspecified atom stereocenters. The standard InChI is InChI=1S/C20H16ClF2N3O/c21-19-17(25-15-7-5-12-3-1-2-4-13(12)9-15)11-24-26(20(19)27)18-8-6-14(22)10-16(18)23/h1-4,6,8,10-11,15,25H,5,7,9H2/t15-/m1/s1. The van der Waals surface area contributed by atoms with E-state index in [1.807, 2.05) is 12.1 Å². The Morgan fingerprint density at radius 1 is 1.15 bits per heavy atom. The second kappa shape index (κ2) is 7.12. The zero-order chi connectivity index (χ0) is 19.0. The number of aryl methyl sites for hydroxylation is 1. The number of anilines is 1. The van der Waals surface area contributed by atoms with Gasteiger partial charge in [0.25, 0.3) is 5.56 Å². The maximum Gasteiger partial charge on any atom is 0.292 e. The van der Waals surface area contributed by atoms with Gasteiger partial charge in [0.2, 0.25) is 0 Å². The molecule has 0 fully saturated rings. The molecule has 4 rings (SSSR count). The second-order valence-electron chi connectivity index (χ2n) is 6.54. The molecule has 1 aliphatic rings. The highest BCUT2D eigenvalue weighted by Crippen LogP contribution is 2.25. The quantitative estimate of drug-likeness (QED) is 0.735. The van der Waals surface area contributed by atoms with E-state index in [1.54, 1.807) is 0 Å². The van der Waals surface area contributed by atoms with Gasteiger partial charge < -0.3 is 5.32 Å². The summed E-state index contributed by atoms with van der Waals surface area (Å²) in [6, 6.07) is 11.3. The number of halogens is 3. The molecule has 0 aliphatic heterocycles. The summed E-state index contributed by atoms with van der Waals surface area (Å²) < 4.78 is 27.9. The molecule has 1 aromatic heterocycles. The molecule has 27 heavy (non-hydrogen) atoms. The Bertz CT molecular complexity index is 1070. The Kier molecular flexibility index (Phi) is 4.66. The van der Waals surface area contributed by atoms with Crippen molar-refractivity contribution in [3.63, 3.8) is 0 Å². The molecule has 1 atom stereocenters. The van der Waals surface area contributed by atoms with E-state index in [9.17, 15) is 13.6 Å². The summed E-state index contributed by atoms with van der Waals surface area (Å²) >= 11 is 6.22. The van der Waals surface area contributed by atoms with Gasteiger partial charge in [0, 0.05) is 12.1 Å². The Morgan fingerprint density at radius 3 is 2.70 bits per heavy atom. The largest absolute Gasteiger partial charge is 0.379 e. The first-order valence-corrected chi connectivity index (χ1v) is 8.97. The van der Waals surface area contributed by atoms with E-state index < -0.39 is 17.2 Å². The van der Waals surface area contributed by atoms with Crippen molar-refractivity contribution >= 4 is 17.3 Å². The number of hydrogen-bond donors (Lipinski definition) is 1. The van der Waals surface area contributed by atoms with Gasteiger partial charge in [0.15, 0.2) is 5.82 Å². The third-order valence-electron chi connectivity index (χ3n) is 4.76. The maximum absolute atomic E-state index is 14.0. The summed E-state index contributed by atoms with van der Waals surface area (Å²) in [4.78, 5) is 12.5. The van der Waals surface area contributed by atoms with Crippen molar-refractivity contribution in [3.8, 4) is 5.69 Å². The van der Waals surface area contributed by atoms with Crippen LogP contribution in [-0.4, -0.2) is 15.8 Å². The lowest BCUT2D eigenvalue weighted by molar-refractivity contribution is 0.570. The molecule has 1 N–H and O–H groups in total. The van der Waals surface area contributed by atoms with E-state index in [0.717, 1.165) is 36.1 Å². The lowest BCUT2D eigenvalue weighted by atomic mass is 9.88. The van der Waals surface area contributed by atoms with Crippen LogP contribution >= 0.6 is 11.6 Å². The van der Waals surface area contributed by atoms with Crippen LogP contribution in [-0.2, 0) is 12.8 Å². The van der Waals surface area contributed by atoms with Gasteiger partial charge in [-0.25, -0.2) is 8.78 Å². The molecule has 0 radical (unpaired) electrons. The molecule has 138 valence electrons. The molecular formula is C20H16ClF2N3O. The van der Waals surface area contributed by atoms with Crippen molar-refractivity contribution in [1.82, 2.24) is 9.78 Å². The molecular weight excluding hydrogens is 372 g/mol. The van der Waals surface area contributed by atoms with Gasteiger partial charge in [-0.15, -0.1) is 0 Å². The first-order chi connectivity index (χ1) is 13.0. The highest BCUT2D eigenvalue weighted by Gasteiger charge is 2.20. The first kappa shape index (κ1) is 17.7. The molecule has 2 aromatic carbocycles. The summed E-state index contributed by atoms with van der Waals surface area (Å²) in [5, 5.41) is 7.20. The number of nitrogens with one attached hydrogen (secondary N) is 1. The molecule has 1 aliphatic carbocycles. The summed E-state index contributed by atoms with van der Waals surface area (Å²) in [6.45, 7) is 0. The third-order valence-corrected chi connectivity index (χ3v) is 5.13. The zero-order valence-electron chi connectivity index (χ0n) is 14.3. The zero-order valence-corrected chi connectivity index (χ0v) is 15.0. The number of rotatable bonds is 3. The minimum Gasteiger partial charge on any atom is -0.379 e. The van der Waals surface area contributed by atoms with Crippen LogP contribution in [0.4, 0.5) is 14.5 Å². The SMILES string of the molecule is O=c1c(Cl)c(N[C@@H]2CCc3ccccc3C2)cnn1-c1ccc(F)cc1F. The van der Waals surface area contributed by atoms with Crippen LogP contribution in [0, 0.1) is 11.6 Å². The van der Waals surface area contributed by atoms with E-state index in [-0.39, 0.29) is 16.8 Å². The summed E-state index contributed by atoms with van der Waals surface area (Å²) in [7, 11) is 0. The molecule has 0 bridgehead atoms. The smallest absolute Gasteiger partial charge is 0.292 e. The van der Waals surface area contributed by atoms with Gasteiger partial charge in [0.1, 0.15) is 16.5 Å². The maximum atomic E-state index is 14.0. The molecule has 3 aromatic rings. The molecule has 0 spiro atoms. The van der Waals surface area contributed by atoms with Crippen molar-refractivity contribution < 1.29 is 8.78 Å². The minimum absolute atomic E-state index is 0.0763. The van der Waals surface area contributed by atoms with Crippen molar-refractivity contribution in [1.29, 1.82) is 0 Å². The van der Waals surface area contributed by atoms with Crippen LogP contribution in [0.5, 0.6) is 0 Å². The van der Waals surface area contributed by atoms with Gasteiger partial charge in [-0.3, -0.25) is 4.79 Å². The predicted octanol–water partition coefficient (Wildman–Crippen LogP) is 4.13. The van der Waals surface area contributed by atoms with Gasteiger partial charge >= 0.3 is 0 Å². The van der Waals surface area contributed by atoms with Crippen molar-refractivity contribution in [3.05, 3.63) is 86.8 Å². The van der Waals surface area contributed by atoms with Gasteiger partial charge in [0.05, 0.1) is 11.9 Å². The highest BCUT2D eigenvalue weighted by molar-refractivity contribution is 6.33. The van der Waals surface area contributed by atoms with E-state index in [2.05, 4.69) is 22.5 Å². The number of hydrogen-bond acceptors (Lipinski definition) is 3. The Morgan fingerprint density at radius 2 is 1.93 bits per heavy atom. The summed E-state index contributed by atoms with van der Waals surface area (Å²) in [5.41, 5.74) is 2.20. The summed E-state index contributed by atoms with van der Waals surface area (Å²) in [5.74, 6) is -1.61. The fourth-order valence-corrected chi connectivity index (χ4v) is 3.58. The van der Waals surface area contributed by atoms with E-state index in [4.69, 9.17) is 11.6 Å². The average molecular weight is 388 g/mol. The fourth-order valence-electron chi connectivity index (χ4n) is 3.40. The van der Waals surface area contributed by atoms with Crippen molar-refractivity contribution in [2.45, 2.75) is 25.3 Å². The molecule has 7 heteroatoms. The number of benzene rings is 2. The Hall–Kier alpha value is -2.73. The average Bonchev–Trinajstić information content (AvgIpc) is 2.66. The molecule has 4 nitrogen and oxygen atoms in total. The van der Waals surface area contributed by atoms with Crippen LogP contribution < -0.4 is 10.9 Å². The Balaban J connectivity index is 1.61. The van der Waals surface area contributed by atoms with Crippen molar-refractivity contribution in [2.75, 3.05) is 5.32 Å². The monoisotopic (exact) mass is 387 g/mol. The molecule has 0 saturated carbocycles. The Labute approximate surface area is 159 Å². The predicted molar refractivity (Wildman–Crippen MR) is 101 cm³/mol. The van der Waals surface area contributed by atoms with Gasteiger partial charge in [-0.2, -0.15) is 9.78 Å². The van der Waals surface area contributed by atoms with E-state index in [1.165, 1.54) is 17.3 Å².